The highest BCUT2D eigenvalue weighted by Gasteiger charge is 2.25. The fourth-order valence-corrected chi connectivity index (χ4v) is 5.07. The Kier molecular flexibility index (Phi) is 10.6. The number of benzene rings is 2. The lowest BCUT2D eigenvalue weighted by Crippen LogP contribution is -2.49. The van der Waals surface area contributed by atoms with Crippen molar-refractivity contribution in [2.75, 3.05) is 39.3 Å². The molecule has 1 fully saturated rings. The van der Waals surface area contributed by atoms with Gasteiger partial charge in [-0.15, -0.1) is 0 Å². The average Bonchev–Trinajstić information content (AvgIpc) is 2.85. The molecule has 4 heteroatoms. The van der Waals surface area contributed by atoms with E-state index in [1.807, 2.05) is 6.07 Å². The Morgan fingerprint density at radius 3 is 2.35 bits per heavy atom. The van der Waals surface area contributed by atoms with Crippen LogP contribution >= 0.6 is 0 Å². The van der Waals surface area contributed by atoms with Gasteiger partial charge in [-0.05, 0) is 49.9 Å². The molecule has 1 aliphatic rings. The summed E-state index contributed by atoms with van der Waals surface area (Å²) in [5.74, 6) is 0. The Balaban J connectivity index is 1.56. The third kappa shape index (κ3) is 7.67. The van der Waals surface area contributed by atoms with Crippen LogP contribution in [0.2, 0.25) is 0 Å². The van der Waals surface area contributed by atoms with Crippen LogP contribution in [0.25, 0.3) is 0 Å². The highest BCUT2D eigenvalue weighted by Crippen LogP contribution is 2.29. The van der Waals surface area contributed by atoms with Crippen molar-refractivity contribution in [2.45, 2.75) is 72.0 Å². The molecule has 34 heavy (non-hydrogen) atoms. The van der Waals surface area contributed by atoms with Gasteiger partial charge in [-0.25, -0.2) is 0 Å². The molecular weight excluding hydrogens is 416 g/mol. The molecule has 2 aromatic carbocycles. The normalized spacial score (nSPS) is 16.1. The van der Waals surface area contributed by atoms with Crippen LogP contribution in [-0.2, 0) is 6.54 Å². The number of nitriles is 1. The number of hydrogen-bond donors (Lipinski definition) is 0. The number of piperazine rings is 1. The minimum absolute atomic E-state index is 0.463. The Morgan fingerprint density at radius 1 is 1.00 bits per heavy atom. The predicted molar refractivity (Wildman–Crippen MR) is 143 cm³/mol. The number of nitrogens with zero attached hydrogens (tertiary/aromatic N) is 4. The number of rotatable bonds is 12. The zero-order valence-electron chi connectivity index (χ0n) is 21.8. The molecule has 0 saturated carbocycles. The SMILES string of the molecule is CCCCCC(c1ccc(C#N)c(C)c1)N1CCN(CCN(Cc2ccccc2)C(C)C)CC1. The average molecular weight is 461 g/mol. The second-order valence-electron chi connectivity index (χ2n) is 10.1. The first-order chi connectivity index (χ1) is 16.5. The van der Waals surface area contributed by atoms with Crippen LogP contribution in [0.3, 0.4) is 0 Å². The standard InChI is InChI=1S/C30H44N4/c1-5-6-8-13-30(28-14-15-29(23-31)26(4)22-28)33-19-16-32(17-20-33)18-21-34(25(2)3)24-27-11-9-7-10-12-27/h7,9-12,14-15,22,25,30H,5-6,8,13,16-21,24H2,1-4H3. The van der Waals surface area contributed by atoms with E-state index >= 15 is 0 Å². The lowest BCUT2D eigenvalue weighted by Gasteiger charge is -2.40. The second-order valence-corrected chi connectivity index (χ2v) is 10.1. The van der Waals surface area contributed by atoms with E-state index in [1.54, 1.807) is 0 Å². The molecule has 0 N–H and O–H groups in total. The first-order valence-electron chi connectivity index (χ1n) is 13.3. The Bertz CT molecular complexity index is 894. The summed E-state index contributed by atoms with van der Waals surface area (Å²) >= 11 is 0. The van der Waals surface area contributed by atoms with Gasteiger partial charge in [-0.1, -0.05) is 68.7 Å². The molecule has 0 bridgehead atoms. The highest BCUT2D eigenvalue weighted by molar-refractivity contribution is 5.40. The molecule has 0 aliphatic carbocycles. The molecule has 1 unspecified atom stereocenters. The third-order valence-corrected chi connectivity index (χ3v) is 7.35. The van der Waals surface area contributed by atoms with Crippen LogP contribution in [0.5, 0.6) is 0 Å². The molecule has 0 aromatic heterocycles. The van der Waals surface area contributed by atoms with Crippen molar-refractivity contribution in [2.24, 2.45) is 0 Å². The summed E-state index contributed by atoms with van der Waals surface area (Å²) in [5.41, 5.74) is 4.68. The third-order valence-electron chi connectivity index (χ3n) is 7.35. The largest absolute Gasteiger partial charge is 0.300 e. The van der Waals surface area contributed by atoms with Gasteiger partial charge in [0.1, 0.15) is 0 Å². The minimum Gasteiger partial charge on any atom is -0.300 e. The van der Waals surface area contributed by atoms with Crippen molar-refractivity contribution in [1.29, 1.82) is 5.26 Å². The summed E-state index contributed by atoms with van der Waals surface area (Å²) in [5, 5.41) is 9.34. The maximum Gasteiger partial charge on any atom is 0.0994 e. The van der Waals surface area contributed by atoms with Crippen molar-refractivity contribution in [3.8, 4) is 6.07 Å². The van der Waals surface area contributed by atoms with Crippen LogP contribution in [0.1, 0.15) is 74.8 Å². The maximum atomic E-state index is 9.34. The zero-order chi connectivity index (χ0) is 24.3. The maximum absolute atomic E-state index is 9.34. The fourth-order valence-electron chi connectivity index (χ4n) is 5.07. The van der Waals surface area contributed by atoms with Crippen molar-refractivity contribution >= 4 is 0 Å². The zero-order valence-corrected chi connectivity index (χ0v) is 21.8. The molecule has 3 rings (SSSR count). The smallest absolute Gasteiger partial charge is 0.0994 e. The minimum atomic E-state index is 0.463. The van der Waals surface area contributed by atoms with Gasteiger partial charge < -0.3 is 0 Å². The summed E-state index contributed by atoms with van der Waals surface area (Å²) in [4.78, 5) is 7.93. The summed E-state index contributed by atoms with van der Waals surface area (Å²) in [6.45, 7) is 16.7. The van der Waals surface area contributed by atoms with E-state index in [0.29, 0.717) is 12.1 Å². The van der Waals surface area contributed by atoms with E-state index in [0.717, 1.165) is 56.9 Å². The van der Waals surface area contributed by atoms with Crippen LogP contribution in [0, 0.1) is 18.3 Å². The van der Waals surface area contributed by atoms with Gasteiger partial charge >= 0.3 is 0 Å². The summed E-state index contributed by atoms with van der Waals surface area (Å²) in [6.07, 6.45) is 5.01. The van der Waals surface area contributed by atoms with Crippen LogP contribution < -0.4 is 0 Å². The first kappa shape index (κ1) is 26.4. The van der Waals surface area contributed by atoms with Crippen molar-refractivity contribution in [3.63, 3.8) is 0 Å². The lowest BCUT2D eigenvalue weighted by molar-refractivity contribution is 0.0786. The van der Waals surface area contributed by atoms with E-state index in [9.17, 15) is 5.26 Å². The summed E-state index contributed by atoms with van der Waals surface area (Å²) < 4.78 is 0. The van der Waals surface area contributed by atoms with Crippen molar-refractivity contribution in [1.82, 2.24) is 14.7 Å². The van der Waals surface area contributed by atoms with Gasteiger partial charge in [0, 0.05) is 57.9 Å². The monoisotopic (exact) mass is 460 g/mol. The molecule has 1 aliphatic heterocycles. The topological polar surface area (TPSA) is 33.5 Å². The molecule has 0 spiro atoms. The van der Waals surface area contributed by atoms with Crippen molar-refractivity contribution in [3.05, 3.63) is 70.8 Å². The van der Waals surface area contributed by atoms with Crippen LogP contribution in [-0.4, -0.2) is 60.0 Å². The number of aryl methyl sites for hydroxylation is 1. The molecule has 4 nitrogen and oxygen atoms in total. The number of unbranched alkanes of at least 4 members (excludes halogenated alkanes) is 2. The molecule has 0 amide bonds. The lowest BCUT2D eigenvalue weighted by atomic mass is 9.95. The highest BCUT2D eigenvalue weighted by atomic mass is 15.3. The van der Waals surface area contributed by atoms with Gasteiger partial charge in [-0.3, -0.25) is 14.7 Å². The molecular formula is C30H44N4. The second kappa shape index (κ2) is 13.6. The Morgan fingerprint density at radius 2 is 1.74 bits per heavy atom. The summed E-state index contributed by atoms with van der Waals surface area (Å²) in [7, 11) is 0. The quantitative estimate of drug-likeness (QED) is 0.363. The predicted octanol–water partition coefficient (Wildman–Crippen LogP) is 6.02. The van der Waals surface area contributed by atoms with Gasteiger partial charge in [0.25, 0.3) is 0 Å². The molecule has 1 heterocycles. The molecule has 1 saturated heterocycles. The van der Waals surface area contributed by atoms with Gasteiger partial charge in [0.2, 0.25) is 0 Å². The first-order valence-corrected chi connectivity index (χ1v) is 13.3. The number of hydrogen-bond acceptors (Lipinski definition) is 4. The van der Waals surface area contributed by atoms with Crippen molar-refractivity contribution < 1.29 is 0 Å². The molecule has 184 valence electrons. The van der Waals surface area contributed by atoms with Gasteiger partial charge in [-0.2, -0.15) is 5.26 Å². The van der Waals surface area contributed by atoms with Gasteiger partial charge in [0.05, 0.1) is 11.6 Å². The van der Waals surface area contributed by atoms with Crippen LogP contribution in [0.4, 0.5) is 0 Å². The molecule has 2 aromatic rings. The van der Waals surface area contributed by atoms with E-state index < -0.39 is 0 Å². The molecule has 0 radical (unpaired) electrons. The summed E-state index contributed by atoms with van der Waals surface area (Å²) in [6, 6.07) is 20.6. The van der Waals surface area contributed by atoms with E-state index in [2.05, 4.69) is 90.9 Å². The van der Waals surface area contributed by atoms with E-state index in [-0.39, 0.29) is 0 Å². The van der Waals surface area contributed by atoms with E-state index in [4.69, 9.17) is 0 Å². The van der Waals surface area contributed by atoms with Crippen LogP contribution in [0.15, 0.2) is 48.5 Å². The Labute approximate surface area is 208 Å². The fraction of sp³-hybridized carbons (Fsp3) is 0.567. The van der Waals surface area contributed by atoms with E-state index in [1.165, 1.54) is 36.8 Å². The Hall–Kier alpha value is -2.19. The van der Waals surface area contributed by atoms with Gasteiger partial charge in [0.15, 0.2) is 0 Å². The molecule has 1 atom stereocenters.